The Balaban J connectivity index is 1.93. The standard InChI is InChI=1S/C19H23FN4S/c1-13-6-7-14-11-15(22-19(21)17-5-4-10-25-17)12-16(20)18(14)24(13)9-8-23(2)3/h4-5,10-12H,1,6-9H2,2-3H3,(H2,21,22). The molecule has 0 aliphatic carbocycles. The second-order valence-electron chi connectivity index (χ2n) is 6.43. The first-order chi connectivity index (χ1) is 12.0. The van der Waals surface area contributed by atoms with Crippen LogP contribution < -0.4 is 10.6 Å². The summed E-state index contributed by atoms with van der Waals surface area (Å²) in [6.45, 7) is 5.67. The summed E-state index contributed by atoms with van der Waals surface area (Å²) in [6.07, 6.45) is 1.60. The molecule has 0 amide bonds. The quantitative estimate of drug-likeness (QED) is 0.654. The molecule has 0 bridgehead atoms. The van der Waals surface area contributed by atoms with Gasteiger partial charge in [0.2, 0.25) is 0 Å². The Morgan fingerprint density at radius 1 is 1.40 bits per heavy atom. The van der Waals surface area contributed by atoms with Crippen molar-refractivity contribution in [1.82, 2.24) is 4.90 Å². The number of hydrogen-bond donors (Lipinski definition) is 1. The van der Waals surface area contributed by atoms with Crippen molar-refractivity contribution in [2.24, 2.45) is 10.7 Å². The van der Waals surface area contributed by atoms with Crippen LogP contribution in [0, 0.1) is 5.82 Å². The normalized spacial score (nSPS) is 15.0. The first-order valence-electron chi connectivity index (χ1n) is 8.26. The van der Waals surface area contributed by atoms with Crippen molar-refractivity contribution in [3.8, 4) is 0 Å². The zero-order chi connectivity index (χ0) is 18.0. The average molecular weight is 358 g/mol. The summed E-state index contributed by atoms with van der Waals surface area (Å²) < 4.78 is 14.9. The first-order valence-corrected chi connectivity index (χ1v) is 9.14. The van der Waals surface area contributed by atoms with E-state index in [2.05, 4.69) is 16.5 Å². The Morgan fingerprint density at radius 2 is 2.20 bits per heavy atom. The van der Waals surface area contributed by atoms with E-state index in [0.29, 0.717) is 17.2 Å². The van der Waals surface area contributed by atoms with Crippen molar-refractivity contribution in [3.05, 3.63) is 58.2 Å². The third-order valence-corrected chi connectivity index (χ3v) is 5.15. The first kappa shape index (κ1) is 17.6. The molecule has 0 radical (unpaired) electrons. The molecule has 1 aliphatic heterocycles. The average Bonchev–Trinajstić information content (AvgIpc) is 3.08. The van der Waals surface area contributed by atoms with Gasteiger partial charge in [-0.3, -0.25) is 0 Å². The smallest absolute Gasteiger partial charge is 0.149 e. The van der Waals surface area contributed by atoms with Crippen molar-refractivity contribution in [1.29, 1.82) is 0 Å². The molecule has 2 aromatic rings. The van der Waals surface area contributed by atoms with Crippen molar-refractivity contribution in [3.63, 3.8) is 0 Å². The van der Waals surface area contributed by atoms with Crippen LogP contribution in [-0.2, 0) is 6.42 Å². The molecule has 6 heteroatoms. The number of amidine groups is 1. The maximum Gasteiger partial charge on any atom is 0.149 e. The van der Waals surface area contributed by atoms with Gasteiger partial charge in [-0.2, -0.15) is 0 Å². The molecule has 0 saturated carbocycles. The third-order valence-electron chi connectivity index (χ3n) is 4.26. The van der Waals surface area contributed by atoms with Crippen LogP contribution in [0.25, 0.3) is 0 Å². The van der Waals surface area contributed by atoms with Crippen molar-refractivity contribution in [2.75, 3.05) is 32.1 Å². The number of nitrogens with zero attached hydrogens (tertiary/aromatic N) is 3. The second kappa shape index (κ2) is 7.37. The summed E-state index contributed by atoms with van der Waals surface area (Å²) in [4.78, 5) is 9.37. The number of hydrogen-bond acceptors (Lipinski definition) is 4. The van der Waals surface area contributed by atoms with Gasteiger partial charge in [0.15, 0.2) is 0 Å². The summed E-state index contributed by atoms with van der Waals surface area (Å²) in [6, 6.07) is 7.23. The van der Waals surface area contributed by atoms with E-state index in [9.17, 15) is 4.39 Å². The van der Waals surface area contributed by atoms with E-state index in [4.69, 9.17) is 5.73 Å². The van der Waals surface area contributed by atoms with Crippen LogP contribution in [0.1, 0.15) is 16.9 Å². The van der Waals surface area contributed by atoms with E-state index in [0.717, 1.165) is 42.1 Å². The number of aryl methyl sites for hydroxylation is 1. The molecule has 2 N–H and O–H groups in total. The van der Waals surface area contributed by atoms with Crippen LogP contribution in [0.3, 0.4) is 0 Å². The highest BCUT2D eigenvalue weighted by Gasteiger charge is 2.24. The maximum atomic E-state index is 14.9. The zero-order valence-corrected chi connectivity index (χ0v) is 15.4. The fraction of sp³-hybridized carbons (Fsp3) is 0.316. The van der Waals surface area contributed by atoms with E-state index >= 15 is 0 Å². The molecule has 0 spiro atoms. The summed E-state index contributed by atoms with van der Waals surface area (Å²) in [5.41, 5.74) is 9.15. The maximum absolute atomic E-state index is 14.9. The monoisotopic (exact) mass is 358 g/mol. The summed E-state index contributed by atoms with van der Waals surface area (Å²) >= 11 is 1.52. The minimum absolute atomic E-state index is 0.269. The van der Waals surface area contributed by atoms with Crippen molar-refractivity contribution < 1.29 is 4.39 Å². The molecule has 2 heterocycles. The van der Waals surface area contributed by atoms with E-state index in [1.807, 2.05) is 42.6 Å². The highest BCUT2D eigenvalue weighted by Crippen LogP contribution is 2.37. The van der Waals surface area contributed by atoms with Crippen LogP contribution in [0.15, 0.2) is 46.9 Å². The Kier molecular flexibility index (Phi) is 5.20. The largest absolute Gasteiger partial charge is 0.383 e. The fourth-order valence-corrected chi connectivity index (χ4v) is 3.59. The lowest BCUT2D eigenvalue weighted by Gasteiger charge is -2.34. The minimum Gasteiger partial charge on any atom is -0.383 e. The summed E-state index contributed by atoms with van der Waals surface area (Å²) in [5, 5.41) is 1.94. The van der Waals surface area contributed by atoms with Gasteiger partial charge in [0.05, 0.1) is 16.3 Å². The van der Waals surface area contributed by atoms with Gasteiger partial charge in [-0.05, 0) is 50.0 Å². The number of halogens is 1. The van der Waals surface area contributed by atoms with Crippen LogP contribution in [0.4, 0.5) is 15.8 Å². The van der Waals surface area contributed by atoms with Gasteiger partial charge in [-0.15, -0.1) is 11.3 Å². The van der Waals surface area contributed by atoms with Gasteiger partial charge in [-0.25, -0.2) is 9.38 Å². The molecule has 0 saturated heterocycles. The van der Waals surface area contributed by atoms with Gasteiger partial charge >= 0.3 is 0 Å². The lowest BCUT2D eigenvalue weighted by molar-refractivity contribution is 0.414. The molecule has 25 heavy (non-hydrogen) atoms. The number of aliphatic imine (C=N–C) groups is 1. The van der Waals surface area contributed by atoms with E-state index < -0.39 is 0 Å². The van der Waals surface area contributed by atoms with Crippen molar-refractivity contribution in [2.45, 2.75) is 12.8 Å². The predicted octanol–water partition coefficient (Wildman–Crippen LogP) is 3.75. The fourth-order valence-electron chi connectivity index (χ4n) is 2.96. The number of likely N-dealkylation sites (N-methyl/N-ethyl adjacent to an activating group) is 1. The predicted molar refractivity (Wildman–Crippen MR) is 104 cm³/mol. The topological polar surface area (TPSA) is 44.9 Å². The number of nitrogens with two attached hydrogens (primary N) is 1. The summed E-state index contributed by atoms with van der Waals surface area (Å²) in [7, 11) is 4.02. The Bertz CT molecular complexity index is 796. The van der Waals surface area contributed by atoms with Gasteiger partial charge in [0.25, 0.3) is 0 Å². The molecule has 1 aromatic heterocycles. The number of thiophene rings is 1. The molecule has 1 aliphatic rings. The second-order valence-corrected chi connectivity index (χ2v) is 7.38. The molecule has 132 valence electrons. The SMILES string of the molecule is C=C1CCc2cc(N=C(N)c3cccs3)cc(F)c2N1CCN(C)C. The zero-order valence-electron chi connectivity index (χ0n) is 14.6. The third kappa shape index (κ3) is 3.91. The summed E-state index contributed by atoms with van der Waals surface area (Å²) in [5.74, 6) is 0.147. The molecular formula is C19H23FN4S. The van der Waals surface area contributed by atoms with Crippen LogP contribution in [0.2, 0.25) is 0 Å². The van der Waals surface area contributed by atoms with Crippen molar-refractivity contribution >= 4 is 28.5 Å². The van der Waals surface area contributed by atoms with E-state index in [-0.39, 0.29) is 5.82 Å². The Hall–Kier alpha value is -2.18. The van der Waals surface area contributed by atoms with Crippen LogP contribution in [-0.4, -0.2) is 37.9 Å². The Labute approximate surface area is 152 Å². The lowest BCUT2D eigenvalue weighted by atomic mass is 9.98. The number of fused-ring (bicyclic) bond motifs is 1. The lowest BCUT2D eigenvalue weighted by Crippen LogP contribution is -2.34. The molecule has 3 rings (SSSR count). The minimum atomic E-state index is -0.269. The molecule has 0 atom stereocenters. The van der Waals surface area contributed by atoms with Crippen LogP contribution in [0.5, 0.6) is 0 Å². The highest BCUT2D eigenvalue weighted by molar-refractivity contribution is 7.12. The van der Waals surface area contributed by atoms with E-state index in [1.54, 1.807) is 0 Å². The van der Waals surface area contributed by atoms with Gasteiger partial charge in [0, 0.05) is 24.9 Å². The van der Waals surface area contributed by atoms with Gasteiger partial charge in [-0.1, -0.05) is 12.6 Å². The van der Waals surface area contributed by atoms with Gasteiger partial charge in [0.1, 0.15) is 11.7 Å². The molecule has 0 unspecified atom stereocenters. The molecule has 1 aromatic carbocycles. The van der Waals surface area contributed by atoms with E-state index in [1.165, 1.54) is 17.4 Å². The molecule has 0 fully saturated rings. The molecule has 4 nitrogen and oxygen atoms in total. The number of allylic oxidation sites excluding steroid dienone is 1. The molecular weight excluding hydrogens is 335 g/mol. The van der Waals surface area contributed by atoms with Crippen LogP contribution >= 0.6 is 11.3 Å². The highest BCUT2D eigenvalue weighted by atomic mass is 32.1. The van der Waals surface area contributed by atoms with Gasteiger partial charge < -0.3 is 15.5 Å². The number of benzene rings is 1. The number of rotatable bonds is 5. The number of anilines is 1. The Morgan fingerprint density at radius 3 is 2.88 bits per heavy atom.